The molecule has 0 N–H and O–H groups in total. The van der Waals surface area contributed by atoms with Crippen molar-refractivity contribution in [3.8, 4) is 22.3 Å². The van der Waals surface area contributed by atoms with Gasteiger partial charge in [-0.15, -0.1) is 0 Å². The number of aryl methyl sites for hydroxylation is 1. The molecule has 0 aromatic heterocycles. The van der Waals surface area contributed by atoms with Crippen molar-refractivity contribution < 1.29 is 4.79 Å². The lowest BCUT2D eigenvalue weighted by atomic mass is 9.91. The SMILES string of the molecule is CCc1ccccc1-c1cccc2c1C(=O)c1ccccc1-2. The van der Waals surface area contributed by atoms with Crippen molar-refractivity contribution in [1.29, 1.82) is 0 Å². The fourth-order valence-corrected chi connectivity index (χ4v) is 3.39. The molecule has 106 valence electrons. The summed E-state index contributed by atoms with van der Waals surface area (Å²) in [5.74, 6) is 0.145. The number of hydrogen-bond acceptors (Lipinski definition) is 1. The number of fused-ring (bicyclic) bond motifs is 3. The van der Waals surface area contributed by atoms with E-state index >= 15 is 0 Å². The average molecular weight is 284 g/mol. The van der Waals surface area contributed by atoms with E-state index in [-0.39, 0.29) is 5.78 Å². The summed E-state index contributed by atoms with van der Waals surface area (Å²) >= 11 is 0. The summed E-state index contributed by atoms with van der Waals surface area (Å²) in [5, 5.41) is 0. The molecule has 1 nitrogen and oxygen atoms in total. The molecule has 4 rings (SSSR count). The van der Waals surface area contributed by atoms with Crippen molar-refractivity contribution in [2.75, 3.05) is 0 Å². The van der Waals surface area contributed by atoms with Gasteiger partial charge in [-0.1, -0.05) is 73.7 Å². The minimum atomic E-state index is 0.145. The lowest BCUT2D eigenvalue weighted by Gasteiger charge is -2.11. The maximum atomic E-state index is 12.9. The molecule has 0 amide bonds. The monoisotopic (exact) mass is 284 g/mol. The van der Waals surface area contributed by atoms with Crippen molar-refractivity contribution in [3.05, 3.63) is 83.4 Å². The third kappa shape index (κ3) is 1.75. The summed E-state index contributed by atoms with van der Waals surface area (Å²) in [6.45, 7) is 2.15. The predicted octanol–water partition coefficient (Wildman–Crippen LogP) is 5.13. The number of carbonyl (C=O) groups is 1. The third-order valence-electron chi connectivity index (χ3n) is 4.44. The Labute approximate surface area is 130 Å². The van der Waals surface area contributed by atoms with Gasteiger partial charge in [0, 0.05) is 11.1 Å². The quantitative estimate of drug-likeness (QED) is 0.499. The molecule has 22 heavy (non-hydrogen) atoms. The molecular formula is C21H16O. The Morgan fingerprint density at radius 1 is 0.636 bits per heavy atom. The van der Waals surface area contributed by atoms with Gasteiger partial charge < -0.3 is 0 Å². The van der Waals surface area contributed by atoms with Crippen LogP contribution in [-0.4, -0.2) is 5.78 Å². The highest BCUT2D eigenvalue weighted by Crippen LogP contribution is 2.42. The van der Waals surface area contributed by atoms with Crippen LogP contribution in [0.2, 0.25) is 0 Å². The van der Waals surface area contributed by atoms with Gasteiger partial charge in [0.05, 0.1) is 0 Å². The van der Waals surface area contributed by atoms with Gasteiger partial charge in [0.2, 0.25) is 0 Å². The smallest absolute Gasteiger partial charge is 0.194 e. The molecule has 0 radical (unpaired) electrons. The molecule has 3 aromatic carbocycles. The van der Waals surface area contributed by atoms with Crippen LogP contribution in [-0.2, 0) is 6.42 Å². The molecule has 0 fully saturated rings. The Morgan fingerprint density at radius 3 is 1.91 bits per heavy atom. The molecule has 1 heteroatoms. The molecule has 0 aliphatic heterocycles. The molecule has 0 saturated heterocycles. The number of hydrogen-bond donors (Lipinski definition) is 0. The van der Waals surface area contributed by atoms with E-state index in [4.69, 9.17) is 0 Å². The first kappa shape index (κ1) is 13.0. The van der Waals surface area contributed by atoms with Crippen LogP contribution >= 0.6 is 0 Å². The van der Waals surface area contributed by atoms with Crippen LogP contribution in [0.25, 0.3) is 22.3 Å². The third-order valence-corrected chi connectivity index (χ3v) is 4.44. The number of ketones is 1. The van der Waals surface area contributed by atoms with Gasteiger partial charge in [-0.05, 0) is 34.2 Å². The highest BCUT2D eigenvalue weighted by Gasteiger charge is 2.29. The Balaban J connectivity index is 2.02. The van der Waals surface area contributed by atoms with Gasteiger partial charge in [0.1, 0.15) is 0 Å². The highest BCUT2D eigenvalue weighted by atomic mass is 16.1. The van der Waals surface area contributed by atoms with Gasteiger partial charge >= 0.3 is 0 Å². The van der Waals surface area contributed by atoms with Gasteiger partial charge in [-0.25, -0.2) is 0 Å². The van der Waals surface area contributed by atoms with E-state index in [0.717, 1.165) is 34.2 Å². The summed E-state index contributed by atoms with van der Waals surface area (Å²) in [6.07, 6.45) is 0.959. The zero-order valence-electron chi connectivity index (χ0n) is 12.5. The van der Waals surface area contributed by atoms with Crippen LogP contribution in [0, 0.1) is 0 Å². The van der Waals surface area contributed by atoms with Gasteiger partial charge in [0.15, 0.2) is 5.78 Å². The molecule has 0 saturated carbocycles. The predicted molar refractivity (Wildman–Crippen MR) is 90.1 cm³/mol. The average Bonchev–Trinajstić information content (AvgIpc) is 2.88. The lowest BCUT2D eigenvalue weighted by Crippen LogP contribution is -1.99. The molecule has 0 atom stereocenters. The first-order valence-corrected chi connectivity index (χ1v) is 7.66. The fourth-order valence-electron chi connectivity index (χ4n) is 3.39. The molecule has 1 aliphatic carbocycles. The second-order valence-corrected chi connectivity index (χ2v) is 5.61. The van der Waals surface area contributed by atoms with Gasteiger partial charge in [0.25, 0.3) is 0 Å². The van der Waals surface area contributed by atoms with Crippen molar-refractivity contribution in [3.63, 3.8) is 0 Å². The molecule has 0 unspecified atom stereocenters. The van der Waals surface area contributed by atoms with Crippen molar-refractivity contribution in [2.45, 2.75) is 13.3 Å². The molecule has 0 heterocycles. The number of rotatable bonds is 2. The van der Waals surface area contributed by atoms with Crippen molar-refractivity contribution in [1.82, 2.24) is 0 Å². The van der Waals surface area contributed by atoms with E-state index in [1.54, 1.807) is 0 Å². The first-order valence-electron chi connectivity index (χ1n) is 7.66. The summed E-state index contributed by atoms with van der Waals surface area (Å²) in [7, 11) is 0. The number of benzene rings is 3. The summed E-state index contributed by atoms with van der Waals surface area (Å²) in [5.41, 5.74) is 7.28. The van der Waals surface area contributed by atoms with Gasteiger partial charge in [-0.2, -0.15) is 0 Å². The zero-order chi connectivity index (χ0) is 15.1. The van der Waals surface area contributed by atoms with Crippen molar-refractivity contribution in [2.24, 2.45) is 0 Å². The van der Waals surface area contributed by atoms with E-state index in [9.17, 15) is 4.79 Å². The second kappa shape index (κ2) is 4.96. The molecule has 1 aliphatic rings. The molecule has 0 spiro atoms. The fraction of sp³-hybridized carbons (Fsp3) is 0.0952. The largest absolute Gasteiger partial charge is 0.289 e. The zero-order valence-corrected chi connectivity index (χ0v) is 12.5. The van der Waals surface area contributed by atoms with E-state index in [0.29, 0.717) is 0 Å². The maximum Gasteiger partial charge on any atom is 0.194 e. The van der Waals surface area contributed by atoms with E-state index in [2.05, 4.69) is 43.3 Å². The Bertz CT molecular complexity index is 890. The molecule has 3 aromatic rings. The standard InChI is InChI=1S/C21H16O/c1-2-14-8-3-4-9-15(14)17-12-7-13-18-16-10-5-6-11-19(16)21(22)20(17)18/h3-13H,2H2,1H3. The minimum Gasteiger partial charge on any atom is -0.289 e. The van der Waals surface area contributed by atoms with E-state index < -0.39 is 0 Å². The minimum absolute atomic E-state index is 0.145. The van der Waals surface area contributed by atoms with Crippen LogP contribution in [0.1, 0.15) is 28.4 Å². The summed E-state index contributed by atoms with van der Waals surface area (Å²) < 4.78 is 0. The summed E-state index contributed by atoms with van der Waals surface area (Å²) in [6, 6.07) is 22.4. The Kier molecular flexibility index (Phi) is 2.93. The van der Waals surface area contributed by atoms with E-state index in [1.807, 2.05) is 30.3 Å². The topological polar surface area (TPSA) is 17.1 Å². The maximum absolute atomic E-state index is 12.9. The molecule has 0 bridgehead atoms. The lowest BCUT2D eigenvalue weighted by molar-refractivity contribution is 0.104. The first-order chi connectivity index (χ1) is 10.8. The molecular weight excluding hydrogens is 268 g/mol. The van der Waals surface area contributed by atoms with Crippen LogP contribution in [0.4, 0.5) is 0 Å². The Morgan fingerprint density at radius 2 is 1.18 bits per heavy atom. The van der Waals surface area contributed by atoms with Crippen LogP contribution in [0.3, 0.4) is 0 Å². The second-order valence-electron chi connectivity index (χ2n) is 5.61. The summed E-state index contributed by atoms with van der Waals surface area (Å²) in [4.78, 5) is 12.9. The number of carbonyl (C=O) groups excluding carboxylic acids is 1. The van der Waals surface area contributed by atoms with Crippen LogP contribution in [0.5, 0.6) is 0 Å². The van der Waals surface area contributed by atoms with Crippen molar-refractivity contribution >= 4 is 5.78 Å². The normalized spacial score (nSPS) is 12.1. The highest BCUT2D eigenvalue weighted by molar-refractivity contribution is 6.24. The Hall–Kier alpha value is -2.67. The van der Waals surface area contributed by atoms with E-state index in [1.165, 1.54) is 11.1 Å². The van der Waals surface area contributed by atoms with Gasteiger partial charge in [-0.3, -0.25) is 4.79 Å². The van der Waals surface area contributed by atoms with Crippen LogP contribution < -0.4 is 0 Å². The van der Waals surface area contributed by atoms with Crippen LogP contribution in [0.15, 0.2) is 66.7 Å².